The van der Waals surface area contributed by atoms with Gasteiger partial charge in [-0.1, -0.05) is 41.5 Å². The van der Waals surface area contributed by atoms with E-state index in [1.165, 1.54) is 4.88 Å². The Bertz CT molecular complexity index is 414. The summed E-state index contributed by atoms with van der Waals surface area (Å²) in [6, 6.07) is 1.12. The van der Waals surface area contributed by atoms with E-state index in [9.17, 15) is 0 Å². The molecule has 0 spiro atoms. The number of nitrogens with zero attached hydrogens (tertiary/aromatic N) is 2. The van der Waals surface area contributed by atoms with Crippen LogP contribution < -0.4 is 5.32 Å². The minimum atomic E-state index is 0.292. The summed E-state index contributed by atoms with van der Waals surface area (Å²) in [5, 5.41) is 3.77. The van der Waals surface area contributed by atoms with Gasteiger partial charge < -0.3 is 5.32 Å². The van der Waals surface area contributed by atoms with Crippen molar-refractivity contribution < 1.29 is 0 Å². The Morgan fingerprint density at radius 2 is 1.95 bits per heavy atom. The highest BCUT2D eigenvalue weighted by atomic mass is 32.1. The molecule has 20 heavy (non-hydrogen) atoms. The van der Waals surface area contributed by atoms with Crippen LogP contribution in [-0.4, -0.2) is 35.1 Å². The highest BCUT2D eigenvalue weighted by Gasteiger charge is 2.38. The topological polar surface area (TPSA) is 28.2 Å². The van der Waals surface area contributed by atoms with Gasteiger partial charge in [0.05, 0.1) is 5.51 Å². The van der Waals surface area contributed by atoms with Gasteiger partial charge in [0.2, 0.25) is 0 Å². The Labute approximate surface area is 127 Å². The Kier molecular flexibility index (Phi) is 4.57. The van der Waals surface area contributed by atoms with Gasteiger partial charge >= 0.3 is 0 Å². The highest BCUT2D eigenvalue weighted by Crippen LogP contribution is 2.31. The van der Waals surface area contributed by atoms with Crippen molar-refractivity contribution in [1.29, 1.82) is 0 Å². The molecule has 2 rings (SSSR count). The fourth-order valence-corrected chi connectivity index (χ4v) is 3.56. The molecule has 0 saturated carbocycles. The standard InChI is InChI=1S/C16H29N3S/c1-15(2,3)13-10-19(9-12-7-17-11-20-12)14(8-18-13)16(4,5)6/h7,11,13-14,18H,8-10H2,1-6H3. The molecular formula is C16H29N3S. The second-order valence-corrected chi connectivity index (χ2v) is 9.08. The van der Waals surface area contributed by atoms with E-state index in [1.807, 2.05) is 11.7 Å². The number of nitrogens with one attached hydrogen (secondary N) is 1. The van der Waals surface area contributed by atoms with Crippen molar-refractivity contribution in [2.24, 2.45) is 10.8 Å². The summed E-state index contributed by atoms with van der Waals surface area (Å²) in [7, 11) is 0. The van der Waals surface area contributed by atoms with Gasteiger partial charge in [-0.15, -0.1) is 11.3 Å². The highest BCUT2D eigenvalue weighted by molar-refractivity contribution is 7.09. The first kappa shape index (κ1) is 15.9. The Morgan fingerprint density at radius 3 is 2.45 bits per heavy atom. The Hall–Kier alpha value is -0.450. The van der Waals surface area contributed by atoms with Gasteiger partial charge in [0.25, 0.3) is 0 Å². The van der Waals surface area contributed by atoms with E-state index >= 15 is 0 Å². The van der Waals surface area contributed by atoms with Crippen molar-refractivity contribution in [3.05, 3.63) is 16.6 Å². The molecule has 0 bridgehead atoms. The van der Waals surface area contributed by atoms with Crippen LogP contribution in [-0.2, 0) is 6.54 Å². The lowest BCUT2D eigenvalue weighted by Crippen LogP contribution is -2.63. The minimum absolute atomic E-state index is 0.292. The van der Waals surface area contributed by atoms with Gasteiger partial charge in [-0.05, 0) is 10.8 Å². The first-order valence-electron chi connectivity index (χ1n) is 7.53. The monoisotopic (exact) mass is 295 g/mol. The van der Waals surface area contributed by atoms with E-state index in [2.05, 4.69) is 56.7 Å². The molecule has 0 aliphatic carbocycles. The number of hydrogen-bond acceptors (Lipinski definition) is 4. The Balaban J connectivity index is 2.15. The number of aromatic nitrogens is 1. The van der Waals surface area contributed by atoms with E-state index < -0.39 is 0 Å². The van der Waals surface area contributed by atoms with Crippen molar-refractivity contribution in [1.82, 2.24) is 15.2 Å². The largest absolute Gasteiger partial charge is 0.311 e. The molecule has 1 N–H and O–H groups in total. The van der Waals surface area contributed by atoms with E-state index in [1.54, 1.807) is 11.3 Å². The average molecular weight is 295 g/mol. The SMILES string of the molecule is CC(C)(C)C1CN(Cc2cncs2)C(C(C)(C)C)CN1. The van der Waals surface area contributed by atoms with Crippen LogP contribution in [0.25, 0.3) is 0 Å². The summed E-state index contributed by atoms with van der Waals surface area (Å²) in [4.78, 5) is 8.24. The number of piperazine rings is 1. The normalized spacial score (nSPS) is 25.9. The van der Waals surface area contributed by atoms with Gasteiger partial charge in [0.15, 0.2) is 0 Å². The van der Waals surface area contributed by atoms with Gasteiger partial charge in [0.1, 0.15) is 0 Å². The molecule has 3 nitrogen and oxygen atoms in total. The van der Waals surface area contributed by atoms with E-state index in [0.29, 0.717) is 22.9 Å². The lowest BCUT2D eigenvalue weighted by atomic mass is 9.79. The van der Waals surface area contributed by atoms with Crippen LogP contribution in [0, 0.1) is 10.8 Å². The number of thiazole rings is 1. The van der Waals surface area contributed by atoms with Crippen molar-refractivity contribution >= 4 is 11.3 Å². The van der Waals surface area contributed by atoms with Gasteiger partial charge in [0, 0.05) is 42.8 Å². The smallest absolute Gasteiger partial charge is 0.0794 e. The second-order valence-electron chi connectivity index (χ2n) is 8.11. The molecule has 1 saturated heterocycles. The maximum atomic E-state index is 4.22. The third-order valence-corrected chi connectivity index (χ3v) is 5.07. The fraction of sp³-hybridized carbons (Fsp3) is 0.812. The number of hydrogen-bond donors (Lipinski definition) is 1. The molecule has 1 aliphatic heterocycles. The molecule has 1 aromatic heterocycles. The van der Waals surface area contributed by atoms with Gasteiger partial charge in [-0.25, -0.2) is 0 Å². The van der Waals surface area contributed by atoms with Crippen LogP contribution in [0.5, 0.6) is 0 Å². The molecule has 4 heteroatoms. The molecule has 0 radical (unpaired) electrons. The zero-order valence-corrected chi connectivity index (χ0v) is 14.5. The predicted octanol–water partition coefficient (Wildman–Crippen LogP) is 3.38. The van der Waals surface area contributed by atoms with Gasteiger partial charge in [-0.3, -0.25) is 9.88 Å². The Morgan fingerprint density at radius 1 is 1.25 bits per heavy atom. The second kappa shape index (κ2) is 5.74. The summed E-state index contributed by atoms with van der Waals surface area (Å²) >= 11 is 1.76. The van der Waals surface area contributed by atoms with Crippen molar-refractivity contribution in [2.75, 3.05) is 13.1 Å². The zero-order chi connectivity index (χ0) is 15.0. The van der Waals surface area contributed by atoms with Crippen LogP contribution in [0.15, 0.2) is 11.7 Å². The lowest BCUT2D eigenvalue weighted by molar-refractivity contribution is 0.0254. The van der Waals surface area contributed by atoms with Crippen LogP contribution in [0.4, 0.5) is 0 Å². The van der Waals surface area contributed by atoms with Crippen molar-refractivity contribution in [3.63, 3.8) is 0 Å². The van der Waals surface area contributed by atoms with Crippen molar-refractivity contribution in [2.45, 2.75) is 60.2 Å². The molecular weight excluding hydrogens is 266 g/mol. The van der Waals surface area contributed by atoms with E-state index in [4.69, 9.17) is 0 Å². The van der Waals surface area contributed by atoms with E-state index in [-0.39, 0.29) is 0 Å². The molecule has 1 aliphatic rings. The molecule has 2 atom stereocenters. The third kappa shape index (κ3) is 3.80. The summed E-state index contributed by atoms with van der Waals surface area (Å²) in [6.07, 6.45) is 2.01. The van der Waals surface area contributed by atoms with Crippen LogP contribution in [0.3, 0.4) is 0 Å². The molecule has 0 aromatic carbocycles. The summed E-state index contributed by atoms with van der Waals surface area (Å²) in [6.45, 7) is 17.2. The summed E-state index contributed by atoms with van der Waals surface area (Å²) < 4.78 is 0. The van der Waals surface area contributed by atoms with Crippen LogP contribution >= 0.6 is 11.3 Å². The van der Waals surface area contributed by atoms with Gasteiger partial charge in [-0.2, -0.15) is 0 Å². The predicted molar refractivity (Wildman–Crippen MR) is 87.0 cm³/mol. The number of rotatable bonds is 2. The van der Waals surface area contributed by atoms with Crippen LogP contribution in [0.2, 0.25) is 0 Å². The first-order valence-corrected chi connectivity index (χ1v) is 8.40. The summed E-state index contributed by atoms with van der Waals surface area (Å²) in [5.74, 6) is 0. The average Bonchev–Trinajstić information content (AvgIpc) is 2.79. The van der Waals surface area contributed by atoms with E-state index in [0.717, 1.165) is 19.6 Å². The molecule has 2 unspecified atom stereocenters. The molecule has 114 valence electrons. The summed E-state index contributed by atoms with van der Waals surface area (Å²) in [5.41, 5.74) is 2.53. The minimum Gasteiger partial charge on any atom is -0.311 e. The lowest BCUT2D eigenvalue weighted by Gasteiger charge is -2.49. The zero-order valence-electron chi connectivity index (χ0n) is 13.7. The first-order chi connectivity index (χ1) is 9.18. The molecule has 0 amide bonds. The maximum absolute atomic E-state index is 4.22. The quantitative estimate of drug-likeness (QED) is 0.906. The van der Waals surface area contributed by atoms with Crippen LogP contribution in [0.1, 0.15) is 46.4 Å². The molecule has 1 aromatic rings. The molecule has 1 fully saturated rings. The molecule has 2 heterocycles. The fourth-order valence-electron chi connectivity index (χ4n) is 2.94. The maximum Gasteiger partial charge on any atom is 0.0794 e. The third-order valence-electron chi connectivity index (χ3n) is 4.30. The van der Waals surface area contributed by atoms with Crippen molar-refractivity contribution in [3.8, 4) is 0 Å².